The molecule has 0 saturated heterocycles. The average Bonchev–Trinajstić information content (AvgIpc) is 2.26. The predicted octanol–water partition coefficient (Wildman–Crippen LogP) is 0.235. The molecule has 0 radical (unpaired) electrons. The molecule has 94 valence electrons. The average molecular weight is 259 g/mol. The smallest absolute Gasteiger partial charge is 0.362 e. The van der Waals surface area contributed by atoms with Gasteiger partial charge in [0.2, 0.25) is 0 Å². The summed E-state index contributed by atoms with van der Waals surface area (Å²) in [5, 5.41) is 0. The molecule has 0 fully saturated rings. The van der Waals surface area contributed by atoms with Crippen molar-refractivity contribution in [1.82, 2.24) is 0 Å². The zero-order chi connectivity index (χ0) is 12.9. The van der Waals surface area contributed by atoms with E-state index < -0.39 is 26.0 Å². The molecule has 0 heterocycles. The van der Waals surface area contributed by atoms with Gasteiger partial charge in [0.05, 0.1) is 0 Å². The number of hydrogen-bond acceptors (Lipinski definition) is 4. The minimum atomic E-state index is -4.34. The zero-order valence-electron chi connectivity index (χ0n) is 9.02. The third-order valence-electron chi connectivity index (χ3n) is 1.98. The minimum absolute atomic E-state index is 0.265. The van der Waals surface area contributed by atoms with Crippen LogP contribution in [0.2, 0.25) is 0 Å². The number of nitrogens with two attached hydrogens (primary N) is 1. The van der Waals surface area contributed by atoms with E-state index in [-0.39, 0.29) is 6.42 Å². The standard InChI is InChI=1S/C10H14NO5P/c11-9(6-8-4-2-1-3-5-8)10(12)16-7-17(13,14)15/h1-5,9H,6-7,11H2,(H2,13,14,15)/t9-/m0/s1. The van der Waals surface area contributed by atoms with E-state index in [9.17, 15) is 9.36 Å². The van der Waals surface area contributed by atoms with E-state index in [4.69, 9.17) is 15.5 Å². The van der Waals surface area contributed by atoms with E-state index in [1.165, 1.54) is 0 Å². The highest BCUT2D eigenvalue weighted by atomic mass is 31.2. The van der Waals surface area contributed by atoms with Gasteiger partial charge in [-0.3, -0.25) is 9.36 Å². The zero-order valence-corrected chi connectivity index (χ0v) is 9.92. The van der Waals surface area contributed by atoms with Crippen LogP contribution in [0.1, 0.15) is 5.56 Å². The van der Waals surface area contributed by atoms with Gasteiger partial charge in [0.15, 0.2) is 6.35 Å². The number of carbonyl (C=O) groups is 1. The molecule has 0 spiro atoms. The molecule has 0 aromatic heterocycles. The Morgan fingerprint density at radius 2 is 1.94 bits per heavy atom. The molecular formula is C10H14NO5P. The lowest BCUT2D eigenvalue weighted by Gasteiger charge is -2.11. The van der Waals surface area contributed by atoms with Crippen LogP contribution in [0.15, 0.2) is 30.3 Å². The minimum Gasteiger partial charge on any atom is -0.452 e. The predicted molar refractivity (Wildman–Crippen MR) is 61.1 cm³/mol. The number of carbonyl (C=O) groups excluding carboxylic acids is 1. The Morgan fingerprint density at radius 3 is 2.47 bits per heavy atom. The van der Waals surface area contributed by atoms with Gasteiger partial charge in [-0.15, -0.1) is 0 Å². The first-order chi connectivity index (χ1) is 7.88. The first kappa shape index (κ1) is 13.9. The van der Waals surface area contributed by atoms with Crippen LogP contribution in [0.5, 0.6) is 0 Å². The summed E-state index contributed by atoms with van der Waals surface area (Å²) in [4.78, 5) is 28.4. The second-order valence-corrected chi connectivity index (χ2v) is 5.14. The molecule has 0 unspecified atom stereocenters. The normalized spacial score (nSPS) is 13.1. The van der Waals surface area contributed by atoms with Crippen molar-refractivity contribution in [1.29, 1.82) is 0 Å². The van der Waals surface area contributed by atoms with Crippen molar-refractivity contribution < 1.29 is 23.9 Å². The van der Waals surface area contributed by atoms with Gasteiger partial charge >= 0.3 is 13.6 Å². The van der Waals surface area contributed by atoms with Gasteiger partial charge in [0.25, 0.3) is 0 Å². The molecule has 17 heavy (non-hydrogen) atoms. The highest BCUT2D eigenvalue weighted by Gasteiger charge is 2.20. The van der Waals surface area contributed by atoms with Crippen LogP contribution in [0.25, 0.3) is 0 Å². The fraction of sp³-hybridized carbons (Fsp3) is 0.300. The second-order valence-electron chi connectivity index (χ2n) is 3.55. The summed E-state index contributed by atoms with van der Waals surface area (Å²) in [6.45, 7) is 0. The molecule has 0 aliphatic heterocycles. The van der Waals surface area contributed by atoms with Crippen LogP contribution in [-0.4, -0.2) is 28.1 Å². The SMILES string of the molecule is N[C@@H](Cc1ccccc1)C(=O)OCP(=O)(O)O. The lowest BCUT2D eigenvalue weighted by molar-refractivity contribution is -0.143. The monoisotopic (exact) mass is 259 g/mol. The molecule has 1 aromatic rings. The van der Waals surface area contributed by atoms with Gasteiger partial charge in [-0.1, -0.05) is 30.3 Å². The summed E-state index contributed by atoms with van der Waals surface area (Å²) in [7, 11) is -4.34. The maximum absolute atomic E-state index is 11.3. The van der Waals surface area contributed by atoms with Crippen molar-refractivity contribution in [3.05, 3.63) is 35.9 Å². The van der Waals surface area contributed by atoms with Crippen molar-refractivity contribution in [2.75, 3.05) is 6.35 Å². The first-order valence-corrected chi connectivity index (χ1v) is 6.69. The van der Waals surface area contributed by atoms with Crippen molar-refractivity contribution in [2.45, 2.75) is 12.5 Å². The second kappa shape index (κ2) is 5.93. The molecule has 1 aromatic carbocycles. The lowest BCUT2D eigenvalue weighted by Crippen LogP contribution is -2.34. The van der Waals surface area contributed by atoms with Crippen LogP contribution in [0.4, 0.5) is 0 Å². The Hall–Kier alpha value is -1.20. The Morgan fingerprint density at radius 1 is 1.35 bits per heavy atom. The first-order valence-electron chi connectivity index (χ1n) is 4.89. The van der Waals surface area contributed by atoms with Gasteiger partial charge in [0, 0.05) is 0 Å². The summed E-state index contributed by atoms with van der Waals surface area (Å²) in [5.41, 5.74) is 6.41. The molecule has 4 N–H and O–H groups in total. The Balaban J connectivity index is 2.45. The van der Waals surface area contributed by atoms with Crippen LogP contribution in [0, 0.1) is 0 Å². The molecule has 0 bridgehead atoms. The molecule has 0 aliphatic rings. The van der Waals surface area contributed by atoms with Crippen molar-refractivity contribution >= 4 is 13.6 Å². The van der Waals surface area contributed by atoms with E-state index in [2.05, 4.69) is 4.74 Å². The van der Waals surface area contributed by atoms with E-state index in [0.717, 1.165) is 5.56 Å². The van der Waals surface area contributed by atoms with Crippen LogP contribution in [-0.2, 0) is 20.5 Å². The number of esters is 1. The fourth-order valence-electron chi connectivity index (χ4n) is 1.21. The quantitative estimate of drug-likeness (QED) is 0.516. The number of ether oxygens (including phenoxy) is 1. The van der Waals surface area contributed by atoms with Gasteiger partial charge in [-0.05, 0) is 12.0 Å². The van der Waals surface area contributed by atoms with Gasteiger partial charge in [-0.25, -0.2) is 0 Å². The number of hydrogen-bond donors (Lipinski definition) is 3. The van der Waals surface area contributed by atoms with Crippen LogP contribution >= 0.6 is 7.60 Å². The third kappa shape index (κ3) is 5.60. The summed E-state index contributed by atoms with van der Waals surface area (Å²) < 4.78 is 14.9. The Kier molecular flexibility index (Phi) is 4.84. The highest BCUT2D eigenvalue weighted by Crippen LogP contribution is 2.33. The van der Waals surface area contributed by atoms with Crippen molar-refractivity contribution in [2.24, 2.45) is 5.73 Å². The Labute approximate surface area is 98.6 Å². The summed E-state index contributed by atoms with van der Waals surface area (Å²) >= 11 is 0. The van der Waals surface area contributed by atoms with E-state index in [0.29, 0.717) is 0 Å². The van der Waals surface area contributed by atoms with E-state index >= 15 is 0 Å². The van der Waals surface area contributed by atoms with Crippen molar-refractivity contribution in [3.8, 4) is 0 Å². The molecule has 1 atom stereocenters. The van der Waals surface area contributed by atoms with Crippen LogP contribution < -0.4 is 5.73 Å². The molecular weight excluding hydrogens is 245 g/mol. The number of rotatable bonds is 5. The molecule has 0 saturated carbocycles. The van der Waals surface area contributed by atoms with Gasteiger partial charge in [-0.2, -0.15) is 0 Å². The summed E-state index contributed by atoms with van der Waals surface area (Å²) in [6.07, 6.45) is -0.671. The molecule has 6 nitrogen and oxygen atoms in total. The third-order valence-corrected chi connectivity index (χ3v) is 2.44. The topological polar surface area (TPSA) is 110 Å². The molecule has 7 heteroatoms. The van der Waals surface area contributed by atoms with Crippen molar-refractivity contribution in [3.63, 3.8) is 0 Å². The molecule has 0 amide bonds. The maximum atomic E-state index is 11.3. The van der Waals surface area contributed by atoms with E-state index in [1.807, 2.05) is 18.2 Å². The summed E-state index contributed by atoms with van der Waals surface area (Å²) in [6, 6.07) is 8.13. The van der Waals surface area contributed by atoms with E-state index in [1.54, 1.807) is 12.1 Å². The number of benzene rings is 1. The maximum Gasteiger partial charge on any atom is 0.362 e. The summed E-state index contributed by atoms with van der Waals surface area (Å²) in [5.74, 6) is -0.822. The van der Waals surface area contributed by atoms with Crippen LogP contribution in [0.3, 0.4) is 0 Å². The molecule has 0 aliphatic carbocycles. The fourth-order valence-corrected chi connectivity index (χ4v) is 1.50. The van der Waals surface area contributed by atoms with Gasteiger partial charge in [0.1, 0.15) is 6.04 Å². The molecule has 1 rings (SSSR count). The van der Waals surface area contributed by atoms with Gasteiger partial charge < -0.3 is 20.3 Å². The highest BCUT2D eigenvalue weighted by molar-refractivity contribution is 7.51. The largest absolute Gasteiger partial charge is 0.452 e. The Bertz CT molecular complexity index is 416. The lowest BCUT2D eigenvalue weighted by atomic mass is 10.1.